The molecule has 27 heavy (non-hydrogen) atoms. The van der Waals surface area contributed by atoms with Gasteiger partial charge in [-0.05, 0) is 18.9 Å². The van der Waals surface area contributed by atoms with Gasteiger partial charge >= 0.3 is 0 Å². The fourth-order valence-electron chi connectivity index (χ4n) is 3.16. The van der Waals surface area contributed by atoms with Gasteiger partial charge in [0.2, 0.25) is 11.1 Å². The van der Waals surface area contributed by atoms with E-state index in [-0.39, 0.29) is 16.5 Å². The molecule has 2 aromatic rings. The predicted molar refractivity (Wildman–Crippen MR) is 101 cm³/mol. The molecule has 0 atom stereocenters. The Hall–Kier alpha value is -2.62. The highest BCUT2D eigenvalue weighted by atomic mass is 32.2. The molecule has 0 spiro atoms. The Morgan fingerprint density at radius 1 is 1.26 bits per heavy atom. The third-order valence-electron chi connectivity index (χ3n) is 4.82. The maximum Gasteiger partial charge on any atom is 0.292 e. The van der Waals surface area contributed by atoms with Gasteiger partial charge in [0.25, 0.3) is 5.69 Å². The third-order valence-corrected chi connectivity index (χ3v) is 5.65. The number of benzene rings is 1. The van der Waals surface area contributed by atoms with Crippen LogP contribution in [-0.2, 0) is 4.79 Å². The number of aromatic amines is 1. The molecule has 4 rings (SSSR count). The average Bonchev–Trinajstić information content (AvgIpc) is 3.44. The molecule has 1 saturated heterocycles. The molecule has 0 unspecified atom stereocenters. The van der Waals surface area contributed by atoms with Crippen LogP contribution in [0.4, 0.5) is 11.4 Å². The van der Waals surface area contributed by atoms with Crippen molar-refractivity contribution in [3.63, 3.8) is 0 Å². The van der Waals surface area contributed by atoms with Crippen LogP contribution in [0.25, 0.3) is 0 Å². The summed E-state index contributed by atoms with van der Waals surface area (Å²) in [4.78, 5) is 31.5. The summed E-state index contributed by atoms with van der Waals surface area (Å²) in [6.45, 7) is 2.25. The third kappa shape index (κ3) is 4.05. The van der Waals surface area contributed by atoms with Gasteiger partial charge in [0.15, 0.2) is 0 Å². The highest BCUT2D eigenvalue weighted by Crippen LogP contribution is 2.38. The number of nitrogens with zero attached hydrogens (tertiary/aromatic N) is 5. The van der Waals surface area contributed by atoms with Crippen molar-refractivity contribution in [1.82, 2.24) is 20.1 Å². The van der Waals surface area contributed by atoms with Crippen molar-refractivity contribution in [2.24, 2.45) is 0 Å². The highest BCUT2D eigenvalue weighted by Gasteiger charge is 2.28. The van der Waals surface area contributed by atoms with Crippen LogP contribution in [0.5, 0.6) is 0 Å². The number of para-hydroxylation sites is 2. The summed E-state index contributed by atoms with van der Waals surface area (Å²) in [7, 11) is 0. The fraction of sp³-hybridized carbons (Fsp3) is 0.471. The number of nitrogens with one attached hydrogen (secondary N) is 1. The lowest BCUT2D eigenvalue weighted by Gasteiger charge is -2.35. The number of thioether (sulfide) groups is 1. The molecule has 0 bridgehead atoms. The van der Waals surface area contributed by atoms with E-state index in [1.807, 2.05) is 4.90 Å². The van der Waals surface area contributed by atoms with Gasteiger partial charge in [-0.2, -0.15) is 0 Å². The van der Waals surface area contributed by atoms with Gasteiger partial charge in [-0.3, -0.25) is 20.0 Å². The number of carbonyl (C=O) groups excluding carboxylic acids is 1. The summed E-state index contributed by atoms with van der Waals surface area (Å²) in [5.74, 6) is 1.77. The van der Waals surface area contributed by atoms with Gasteiger partial charge < -0.3 is 9.80 Å². The van der Waals surface area contributed by atoms with Crippen LogP contribution in [0.15, 0.2) is 29.4 Å². The molecule has 1 saturated carbocycles. The minimum absolute atomic E-state index is 0.0417. The normalized spacial score (nSPS) is 17.2. The standard InChI is InChI=1S/C17H20N6O3S/c24-15(11-27-17-18-16(19-20-17)12-5-6-12)22-9-7-21(8-10-22)13-3-1-2-4-14(13)23(25)26/h1-4,12H,5-11H2,(H,18,19,20). The number of piperazine rings is 1. The van der Waals surface area contributed by atoms with E-state index in [0.717, 1.165) is 18.7 Å². The molecule has 1 aliphatic carbocycles. The Morgan fingerprint density at radius 2 is 2.00 bits per heavy atom. The molecule has 10 heteroatoms. The van der Waals surface area contributed by atoms with Crippen LogP contribution >= 0.6 is 11.8 Å². The highest BCUT2D eigenvalue weighted by molar-refractivity contribution is 7.99. The number of amides is 1. The maximum absolute atomic E-state index is 12.5. The van der Waals surface area contributed by atoms with Crippen molar-refractivity contribution in [3.8, 4) is 0 Å². The van der Waals surface area contributed by atoms with Crippen LogP contribution in [-0.4, -0.2) is 62.8 Å². The minimum Gasteiger partial charge on any atom is -0.362 e. The van der Waals surface area contributed by atoms with E-state index in [1.54, 1.807) is 23.1 Å². The number of nitro groups is 1. The summed E-state index contributed by atoms with van der Waals surface area (Å²) in [5.41, 5.74) is 0.709. The summed E-state index contributed by atoms with van der Waals surface area (Å²) < 4.78 is 0. The molecule has 1 aromatic heterocycles. The lowest BCUT2D eigenvalue weighted by atomic mass is 10.2. The van der Waals surface area contributed by atoms with Gasteiger partial charge in [-0.25, -0.2) is 4.98 Å². The van der Waals surface area contributed by atoms with Crippen molar-refractivity contribution in [3.05, 3.63) is 40.2 Å². The van der Waals surface area contributed by atoms with E-state index in [9.17, 15) is 14.9 Å². The predicted octanol–water partition coefficient (Wildman–Crippen LogP) is 2.03. The first-order valence-corrected chi connectivity index (χ1v) is 9.91. The molecule has 1 amide bonds. The van der Waals surface area contributed by atoms with Crippen molar-refractivity contribution < 1.29 is 9.72 Å². The summed E-state index contributed by atoms with van der Waals surface area (Å²) in [6, 6.07) is 6.72. The van der Waals surface area contributed by atoms with Gasteiger partial charge in [-0.1, -0.05) is 23.9 Å². The SMILES string of the molecule is O=C(CSc1n[nH]c(C2CC2)n1)N1CCN(c2ccccc2[N+](=O)[O-])CC1. The van der Waals surface area contributed by atoms with Crippen molar-refractivity contribution in [2.75, 3.05) is 36.8 Å². The van der Waals surface area contributed by atoms with Crippen LogP contribution in [0.1, 0.15) is 24.6 Å². The lowest BCUT2D eigenvalue weighted by Crippen LogP contribution is -2.49. The van der Waals surface area contributed by atoms with Crippen molar-refractivity contribution >= 4 is 29.0 Å². The number of nitro benzene ring substituents is 1. The average molecular weight is 388 g/mol. The molecule has 9 nitrogen and oxygen atoms in total. The molecule has 2 fully saturated rings. The number of hydrogen-bond acceptors (Lipinski definition) is 7. The topological polar surface area (TPSA) is 108 Å². The van der Waals surface area contributed by atoms with E-state index < -0.39 is 0 Å². The number of H-pyrrole nitrogens is 1. The van der Waals surface area contributed by atoms with Gasteiger partial charge in [-0.15, -0.1) is 5.10 Å². The Bertz CT molecular complexity index is 845. The smallest absolute Gasteiger partial charge is 0.292 e. The second-order valence-corrected chi connectivity index (χ2v) is 7.62. The number of aromatic nitrogens is 3. The van der Waals surface area contributed by atoms with E-state index in [0.29, 0.717) is 48.7 Å². The molecule has 1 aliphatic heterocycles. The molecular formula is C17H20N6O3S. The Morgan fingerprint density at radius 3 is 2.70 bits per heavy atom. The van der Waals surface area contributed by atoms with Crippen LogP contribution < -0.4 is 4.90 Å². The van der Waals surface area contributed by atoms with Gasteiger partial charge in [0.05, 0.1) is 10.7 Å². The summed E-state index contributed by atoms with van der Waals surface area (Å²) in [5, 5.41) is 18.9. The first-order valence-electron chi connectivity index (χ1n) is 8.93. The molecule has 142 valence electrons. The van der Waals surface area contributed by atoms with Gasteiger partial charge in [0.1, 0.15) is 11.5 Å². The van der Waals surface area contributed by atoms with Crippen LogP contribution in [0.2, 0.25) is 0 Å². The Balaban J connectivity index is 1.29. The zero-order chi connectivity index (χ0) is 18.8. The molecule has 1 aromatic carbocycles. The van der Waals surface area contributed by atoms with Crippen molar-refractivity contribution in [1.29, 1.82) is 0 Å². The molecular weight excluding hydrogens is 368 g/mol. The molecule has 2 aliphatic rings. The Labute approximate surface area is 160 Å². The second-order valence-electron chi connectivity index (χ2n) is 6.68. The van der Waals surface area contributed by atoms with E-state index in [1.165, 1.54) is 17.8 Å². The quantitative estimate of drug-likeness (QED) is 0.458. The monoisotopic (exact) mass is 388 g/mol. The largest absolute Gasteiger partial charge is 0.362 e. The maximum atomic E-state index is 12.5. The minimum atomic E-state index is -0.365. The zero-order valence-electron chi connectivity index (χ0n) is 14.7. The first kappa shape index (κ1) is 17.8. The van der Waals surface area contributed by atoms with E-state index in [2.05, 4.69) is 15.2 Å². The first-order chi connectivity index (χ1) is 13.1. The van der Waals surface area contributed by atoms with E-state index >= 15 is 0 Å². The molecule has 1 N–H and O–H groups in total. The van der Waals surface area contributed by atoms with Gasteiger partial charge in [0, 0.05) is 38.2 Å². The number of rotatable bonds is 6. The molecule has 0 radical (unpaired) electrons. The number of anilines is 1. The summed E-state index contributed by atoms with van der Waals surface area (Å²) >= 11 is 1.34. The summed E-state index contributed by atoms with van der Waals surface area (Å²) in [6.07, 6.45) is 2.31. The van der Waals surface area contributed by atoms with Crippen LogP contribution in [0.3, 0.4) is 0 Å². The Kier molecular flexibility index (Phi) is 4.97. The number of hydrogen-bond donors (Lipinski definition) is 1. The zero-order valence-corrected chi connectivity index (χ0v) is 15.5. The van der Waals surface area contributed by atoms with Crippen molar-refractivity contribution in [2.45, 2.75) is 23.9 Å². The number of carbonyl (C=O) groups is 1. The van der Waals surface area contributed by atoms with E-state index in [4.69, 9.17) is 0 Å². The molecule has 2 heterocycles. The van der Waals surface area contributed by atoms with Crippen LogP contribution in [0, 0.1) is 10.1 Å². The fourth-order valence-corrected chi connectivity index (χ4v) is 3.87. The second kappa shape index (κ2) is 7.55. The lowest BCUT2D eigenvalue weighted by molar-refractivity contribution is -0.384.